The zero-order chi connectivity index (χ0) is 25.3. The van der Waals surface area contributed by atoms with Crippen LogP contribution in [0.25, 0.3) is 5.76 Å². The van der Waals surface area contributed by atoms with Crippen molar-refractivity contribution >= 4 is 45.6 Å². The Morgan fingerprint density at radius 2 is 1.86 bits per heavy atom. The number of carbonyl (C=O) groups is 3. The topological polar surface area (TPSA) is 153 Å². The van der Waals surface area contributed by atoms with Gasteiger partial charge in [0, 0.05) is 30.1 Å². The van der Waals surface area contributed by atoms with Gasteiger partial charge in [-0.15, -0.1) is 0 Å². The Labute approximate surface area is 202 Å². The number of ketones is 1. The number of ether oxygens (including phenoxy) is 1. The molecule has 1 N–H and O–H groups in total. The number of esters is 1. The van der Waals surface area contributed by atoms with Gasteiger partial charge in [0.15, 0.2) is 5.13 Å². The van der Waals surface area contributed by atoms with Crippen LogP contribution in [0.5, 0.6) is 0 Å². The number of aromatic nitrogens is 2. The maximum absolute atomic E-state index is 13.2. The number of nitro groups is 1. The Kier molecular flexibility index (Phi) is 6.38. The largest absolute Gasteiger partial charge is 0.507 e. The molecule has 0 saturated carbocycles. The van der Waals surface area contributed by atoms with Gasteiger partial charge in [-0.05, 0) is 43.7 Å². The molecule has 1 saturated heterocycles. The molecule has 178 valence electrons. The third-order valence-corrected chi connectivity index (χ3v) is 6.41. The van der Waals surface area contributed by atoms with Crippen LogP contribution in [0, 0.1) is 17.0 Å². The summed E-state index contributed by atoms with van der Waals surface area (Å²) in [6, 6.07) is 7.06. The minimum Gasteiger partial charge on any atom is -0.507 e. The van der Waals surface area contributed by atoms with Crippen molar-refractivity contribution in [2.75, 3.05) is 11.5 Å². The van der Waals surface area contributed by atoms with Crippen molar-refractivity contribution in [3.63, 3.8) is 0 Å². The van der Waals surface area contributed by atoms with E-state index < -0.39 is 34.4 Å². The van der Waals surface area contributed by atoms with Crippen LogP contribution in [0.2, 0.25) is 0 Å². The summed E-state index contributed by atoms with van der Waals surface area (Å²) in [4.78, 5) is 58.6. The molecule has 0 spiro atoms. The highest BCUT2D eigenvalue weighted by molar-refractivity contribution is 7.17. The summed E-state index contributed by atoms with van der Waals surface area (Å²) >= 11 is 0.871. The normalized spacial score (nSPS) is 17.0. The van der Waals surface area contributed by atoms with E-state index in [4.69, 9.17) is 4.74 Å². The molecule has 1 unspecified atom stereocenters. The Morgan fingerprint density at radius 3 is 2.46 bits per heavy atom. The molecule has 1 aliphatic rings. The van der Waals surface area contributed by atoms with Gasteiger partial charge in [-0.1, -0.05) is 11.3 Å². The van der Waals surface area contributed by atoms with Gasteiger partial charge in [0.05, 0.1) is 28.8 Å². The van der Waals surface area contributed by atoms with Crippen molar-refractivity contribution < 1.29 is 29.2 Å². The van der Waals surface area contributed by atoms with Gasteiger partial charge in [-0.25, -0.2) is 9.78 Å². The summed E-state index contributed by atoms with van der Waals surface area (Å²) in [5.41, 5.74) is 0.487. The number of aryl methyl sites for hydroxylation is 1. The quantitative estimate of drug-likeness (QED) is 0.135. The number of nitrogens with zero attached hydrogens (tertiary/aromatic N) is 4. The van der Waals surface area contributed by atoms with Crippen LogP contribution in [0.4, 0.5) is 10.8 Å². The van der Waals surface area contributed by atoms with Gasteiger partial charge < -0.3 is 9.84 Å². The molecule has 3 aromatic rings. The molecular formula is C23H18N4O7S. The van der Waals surface area contributed by atoms with Crippen molar-refractivity contribution in [3.05, 3.63) is 86.2 Å². The second kappa shape index (κ2) is 9.43. The smallest absolute Gasteiger partial charge is 0.350 e. The van der Waals surface area contributed by atoms with E-state index in [-0.39, 0.29) is 33.4 Å². The first-order chi connectivity index (χ1) is 16.7. The maximum Gasteiger partial charge on any atom is 0.350 e. The third kappa shape index (κ3) is 4.26. The summed E-state index contributed by atoms with van der Waals surface area (Å²) in [6.07, 6.45) is 2.84. The maximum atomic E-state index is 13.2. The summed E-state index contributed by atoms with van der Waals surface area (Å²) in [5.74, 6) is -2.98. The monoisotopic (exact) mass is 494 g/mol. The van der Waals surface area contributed by atoms with Crippen LogP contribution in [-0.2, 0) is 14.3 Å². The highest BCUT2D eigenvalue weighted by Crippen LogP contribution is 2.44. The van der Waals surface area contributed by atoms with Gasteiger partial charge >= 0.3 is 11.9 Å². The number of anilines is 1. The summed E-state index contributed by atoms with van der Waals surface area (Å²) in [5, 5.41) is 22.2. The zero-order valence-corrected chi connectivity index (χ0v) is 19.3. The molecular weight excluding hydrogens is 476 g/mol. The van der Waals surface area contributed by atoms with Crippen molar-refractivity contribution in [2.24, 2.45) is 0 Å². The highest BCUT2D eigenvalue weighted by Gasteiger charge is 2.48. The Morgan fingerprint density at radius 1 is 1.20 bits per heavy atom. The van der Waals surface area contributed by atoms with Crippen LogP contribution in [0.3, 0.4) is 0 Å². The molecule has 4 rings (SSSR count). The standard InChI is InChI=1S/C23H18N4O7S/c1-3-34-22(31)20-12(2)25-23(35-20)26-17(13-4-6-15(7-5-13)27(32)33)16(19(29)21(26)30)18(28)14-8-10-24-11-9-14/h4-11,17,28H,3H2,1-2H3. The molecule has 1 amide bonds. The first-order valence-corrected chi connectivity index (χ1v) is 11.2. The van der Waals surface area contributed by atoms with Crippen LogP contribution in [0.15, 0.2) is 54.4 Å². The zero-order valence-electron chi connectivity index (χ0n) is 18.5. The van der Waals surface area contributed by atoms with E-state index in [0.717, 1.165) is 16.2 Å². The molecule has 1 atom stereocenters. The van der Waals surface area contributed by atoms with E-state index in [2.05, 4.69) is 9.97 Å². The Bertz CT molecular complexity index is 1370. The SMILES string of the molecule is CCOC(=O)c1sc(N2C(=O)C(=O)C(=C(O)c3ccncc3)C2c2ccc([N+](=O)[O-])cc2)nc1C. The van der Waals surface area contributed by atoms with E-state index >= 15 is 0 Å². The van der Waals surface area contributed by atoms with E-state index in [0.29, 0.717) is 11.3 Å². The molecule has 12 heteroatoms. The molecule has 0 bridgehead atoms. The van der Waals surface area contributed by atoms with Crippen molar-refractivity contribution in [3.8, 4) is 0 Å². The number of rotatable bonds is 6. The van der Waals surface area contributed by atoms with Gasteiger partial charge in [0.25, 0.3) is 11.5 Å². The summed E-state index contributed by atoms with van der Waals surface area (Å²) < 4.78 is 5.04. The van der Waals surface area contributed by atoms with Crippen molar-refractivity contribution in [1.29, 1.82) is 0 Å². The molecule has 11 nitrogen and oxygen atoms in total. The molecule has 1 aromatic carbocycles. The molecule has 35 heavy (non-hydrogen) atoms. The second-order valence-electron chi connectivity index (χ2n) is 7.39. The van der Waals surface area contributed by atoms with Gasteiger partial charge in [-0.2, -0.15) is 0 Å². The van der Waals surface area contributed by atoms with Crippen LogP contribution in [-0.4, -0.2) is 44.3 Å². The minimum absolute atomic E-state index is 0.0461. The summed E-state index contributed by atoms with van der Waals surface area (Å²) in [6.45, 7) is 3.37. The number of hydrogen-bond acceptors (Lipinski definition) is 10. The molecule has 3 heterocycles. The number of Topliss-reactive ketones (excluding diaryl/α,β-unsaturated/α-hetero) is 1. The average Bonchev–Trinajstić information content (AvgIpc) is 3.36. The number of carbonyl (C=O) groups excluding carboxylic acids is 3. The first-order valence-electron chi connectivity index (χ1n) is 10.3. The lowest BCUT2D eigenvalue weighted by atomic mass is 9.95. The molecule has 1 fully saturated rings. The van der Waals surface area contributed by atoms with E-state index in [1.54, 1.807) is 13.8 Å². The predicted octanol–water partition coefficient (Wildman–Crippen LogP) is 3.56. The van der Waals surface area contributed by atoms with Crippen molar-refractivity contribution in [1.82, 2.24) is 9.97 Å². The minimum atomic E-state index is -1.15. The van der Waals surface area contributed by atoms with Crippen molar-refractivity contribution in [2.45, 2.75) is 19.9 Å². The molecule has 1 aliphatic heterocycles. The molecule has 0 radical (unpaired) electrons. The Balaban J connectivity index is 1.91. The number of benzene rings is 1. The highest BCUT2D eigenvalue weighted by atomic mass is 32.1. The van der Waals surface area contributed by atoms with Crippen LogP contribution >= 0.6 is 11.3 Å². The number of aliphatic hydroxyl groups is 1. The fraction of sp³-hybridized carbons (Fsp3) is 0.174. The van der Waals surface area contributed by atoms with Gasteiger partial charge in [0.2, 0.25) is 0 Å². The number of hydrogen-bond donors (Lipinski definition) is 1. The lowest BCUT2D eigenvalue weighted by Gasteiger charge is -2.22. The fourth-order valence-corrected chi connectivity index (χ4v) is 4.65. The van der Waals surface area contributed by atoms with E-state index in [9.17, 15) is 29.6 Å². The van der Waals surface area contributed by atoms with Crippen LogP contribution < -0.4 is 4.90 Å². The number of pyridine rings is 1. The third-order valence-electron chi connectivity index (χ3n) is 5.27. The number of thiazole rings is 1. The first kappa shape index (κ1) is 23.7. The van der Waals surface area contributed by atoms with Gasteiger partial charge in [-0.3, -0.25) is 29.6 Å². The predicted molar refractivity (Wildman–Crippen MR) is 125 cm³/mol. The van der Waals surface area contributed by atoms with E-state index in [1.807, 2.05) is 0 Å². The lowest BCUT2D eigenvalue weighted by Crippen LogP contribution is -2.29. The number of non-ortho nitro benzene ring substituents is 1. The number of aliphatic hydroxyl groups excluding tert-OH is 1. The average molecular weight is 494 g/mol. The molecule has 0 aliphatic carbocycles. The summed E-state index contributed by atoms with van der Waals surface area (Å²) in [7, 11) is 0. The lowest BCUT2D eigenvalue weighted by molar-refractivity contribution is -0.384. The Hall–Kier alpha value is -4.45. The number of nitro benzene ring substituents is 1. The van der Waals surface area contributed by atoms with E-state index in [1.165, 1.54) is 48.8 Å². The van der Waals surface area contributed by atoms with Crippen LogP contribution in [0.1, 0.15) is 39.5 Å². The number of amides is 1. The second-order valence-corrected chi connectivity index (χ2v) is 8.36. The fourth-order valence-electron chi connectivity index (χ4n) is 3.66. The van der Waals surface area contributed by atoms with Gasteiger partial charge in [0.1, 0.15) is 10.6 Å². The molecule has 2 aromatic heterocycles.